The molecule has 0 aliphatic carbocycles. The summed E-state index contributed by atoms with van der Waals surface area (Å²) >= 11 is 0. The Kier molecular flexibility index (Phi) is 5.24. The van der Waals surface area contributed by atoms with Gasteiger partial charge in [0.25, 0.3) is 0 Å². The number of carbonyl (C=O) groups excluding carboxylic acids is 1. The topological polar surface area (TPSA) is 72.8 Å². The van der Waals surface area contributed by atoms with Gasteiger partial charge in [-0.25, -0.2) is 0 Å². The summed E-state index contributed by atoms with van der Waals surface area (Å²) in [7, 11) is -4.12. The molecule has 3 rings (SSSR count). The van der Waals surface area contributed by atoms with Crippen molar-refractivity contribution in [3.63, 3.8) is 0 Å². The van der Waals surface area contributed by atoms with E-state index in [1.165, 1.54) is 12.1 Å². The number of ketones is 1. The second-order valence-corrected chi connectivity index (χ2v) is 6.87. The fourth-order valence-corrected chi connectivity index (χ4v) is 3.01. The summed E-state index contributed by atoms with van der Waals surface area (Å²) in [6.07, 6.45) is 0. The Morgan fingerprint density at radius 2 is 1.15 bits per heavy atom. The van der Waals surface area contributed by atoms with Crippen LogP contribution in [-0.4, -0.2) is 19.9 Å². The molecule has 0 radical (unpaired) electrons. The summed E-state index contributed by atoms with van der Waals surface area (Å²) < 4.78 is 29.4. The Hall–Kier alpha value is -3.25. The first-order valence-electron chi connectivity index (χ1n) is 7.80. The van der Waals surface area contributed by atoms with Crippen molar-refractivity contribution in [2.45, 2.75) is 4.90 Å². The van der Waals surface area contributed by atoms with E-state index in [2.05, 4.69) is 5.16 Å². The zero-order valence-electron chi connectivity index (χ0n) is 13.6. The van der Waals surface area contributed by atoms with Crippen LogP contribution in [0.3, 0.4) is 0 Å². The lowest BCUT2D eigenvalue weighted by atomic mass is 10.0. The van der Waals surface area contributed by atoms with Crippen molar-refractivity contribution >= 4 is 21.6 Å². The van der Waals surface area contributed by atoms with Crippen molar-refractivity contribution in [3.05, 3.63) is 102 Å². The normalized spacial score (nSPS) is 11.8. The first-order valence-corrected chi connectivity index (χ1v) is 9.20. The van der Waals surface area contributed by atoms with Crippen molar-refractivity contribution in [3.8, 4) is 0 Å². The van der Waals surface area contributed by atoms with E-state index in [-0.39, 0.29) is 10.6 Å². The summed E-state index contributed by atoms with van der Waals surface area (Å²) in [5, 5.41) is 3.70. The van der Waals surface area contributed by atoms with Gasteiger partial charge < -0.3 is 0 Å². The van der Waals surface area contributed by atoms with E-state index in [1.807, 2.05) is 0 Å². The van der Waals surface area contributed by atoms with Gasteiger partial charge in [0.05, 0.1) is 0 Å². The Balaban J connectivity index is 1.99. The number of rotatable bonds is 6. The van der Waals surface area contributed by atoms with E-state index >= 15 is 0 Å². The van der Waals surface area contributed by atoms with E-state index in [4.69, 9.17) is 4.28 Å². The number of benzene rings is 3. The quantitative estimate of drug-likeness (QED) is 0.379. The monoisotopic (exact) mass is 365 g/mol. The van der Waals surface area contributed by atoms with Crippen LogP contribution in [0.2, 0.25) is 0 Å². The summed E-state index contributed by atoms with van der Waals surface area (Å²) in [5.41, 5.74) is 0.761. The summed E-state index contributed by atoms with van der Waals surface area (Å²) in [6, 6.07) is 24.7. The zero-order valence-corrected chi connectivity index (χ0v) is 14.5. The smallest absolute Gasteiger partial charge is 0.287 e. The number of hydrogen-bond acceptors (Lipinski definition) is 5. The predicted octanol–water partition coefficient (Wildman–Crippen LogP) is 3.68. The summed E-state index contributed by atoms with van der Waals surface area (Å²) in [6.45, 7) is 0. The molecule has 6 heteroatoms. The van der Waals surface area contributed by atoms with Gasteiger partial charge in [0, 0.05) is 11.1 Å². The Morgan fingerprint density at radius 1 is 0.692 bits per heavy atom. The molecule has 0 saturated carbocycles. The number of oxime groups is 1. The number of carbonyl (C=O) groups is 1. The van der Waals surface area contributed by atoms with Crippen molar-refractivity contribution in [1.29, 1.82) is 0 Å². The molecule has 130 valence electrons. The molecule has 0 aliphatic heterocycles. The van der Waals surface area contributed by atoms with Crippen LogP contribution in [0.5, 0.6) is 0 Å². The van der Waals surface area contributed by atoms with Gasteiger partial charge in [0.15, 0.2) is 5.71 Å². The third kappa shape index (κ3) is 4.04. The first kappa shape index (κ1) is 17.6. The molecule has 0 unspecified atom stereocenters. The van der Waals surface area contributed by atoms with E-state index < -0.39 is 15.9 Å². The molecule has 0 amide bonds. The minimum atomic E-state index is -4.12. The number of Topliss-reactive ketones (excluding diaryl/α,β-unsaturated/α-hetero) is 1. The third-order valence-corrected chi connectivity index (χ3v) is 4.68. The third-order valence-electron chi connectivity index (χ3n) is 3.56. The van der Waals surface area contributed by atoms with Gasteiger partial charge in [0.2, 0.25) is 5.78 Å². The average molecular weight is 365 g/mol. The molecule has 5 nitrogen and oxygen atoms in total. The summed E-state index contributed by atoms with van der Waals surface area (Å²) in [4.78, 5) is 12.8. The Labute approximate surface area is 151 Å². The van der Waals surface area contributed by atoms with Crippen LogP contribution < -0.4 is 0 Å². The van der Waals surface area contributed by atoms with Crippen molar-refractivity contribution < 1.29 is 17.5 Å². The van der Waals surface area contributed by atoms with Gasteiger partial charge in [0.1, 0.15) is 4.90 Å². The molecule has 3 aromatic rings. The van der Waals surface area contributed by atoms with Gasteiger partial charge >= 0.3 is 10.1 Å². The van der Waals surface area contributed by atoms with E-state index in [1.54, 1.807) is 78.9 Å². The maximum Gasteiger partial charge on any atom is 0.358 e. The zero-order chi connectivity index (χ0) is 18.4. The molecule has 0 bridgehead atoms. The molecule has 0 atom stereocenters. The molecule has 0 heterocycles. The number of nitrogens with zero attached hydrogens (tertiary/aromatic N) is 1. The molecule has 0 fully saturated rings. The molecule has 26 heavy (non-hydrogen) atoms. The highest BCUT2D eigenvalue weighted by atomic mass is 32.2. The van der Waals surface area contributed by atoms with Crippen LogP contribution in [-0.2, 0) is 14.4 Å². The SMILES string of the molecule is O=C(C(=NOS(=O)(=O)c1ccccc1)c1ccccc1)c1ccccc1. The molecular weight excluding hydrogens is 350 g/mol. The molecule has 0 spiro atoms. The molecular formula is C20H15NO4S. The molecule has 0 saturated heterocycles. The first-order chi connectivity index (χ1) is 12.6. The predicted molar refractivity (Wildman–Crippen MR) is 98.5 cm³/mol. The van der Waals surface area contributed by atoms with Gasteiger partial charge in [-0.3, -0.25) is 9.08 Å². The van der Waals surface area contributed by atoms with Crippen LogP contribution in [0.25, 0.3) is 0 Å². The molecule has 0 aromatic heterocycles. The maximum atomic E-state index is 12.8. The number of hydrogen-bond donors (Lipinski definition) is 0. The Morgan fingerprint density at radius 3 is 1.69 bits per heavy atom. The Bertz CT molecular complexity index is 1020. The molecule has 3 aromatic carbocycles. The highest BCUT2D eigenvalue weighted by molar-refractivity contribution is 7.86. The highest BCUT2D eigenvalue weighted by Gasteiger charge is 2.20. The van der Waals surface area contributed by atoms with Crippen molar-refractivity contribution in [2.24, 2.45) is 5.16 Å². The minimum Gasteiger partial charge on any atom is -0.287 e. The lowest BCUT2D eigenvalue weighted by Crippen LogP contribution is -2.17. The molecule has 0 aliphatic rings. The lowest BCUT2D eigenvalue weighted by molar-refractivity contribution is 0.106. The van der Waals surface area contributed by atoms with E-state index in [0.29, 0.717) is 11.1 Å². The van der Waals surface area contributed by atoms with Gasteiger partial charge in [-0.05, 0) is 12.1 Å². The van der Waals surface area contributed by atoms with Gasteiger partial charge in [-0.15, -0.1) is 0 Å². The van der Waals surface area contributed by atoms with E-state index in [9.17, 15) is 13.2 Å². The van der Waals surface area contributed by atoms with Gasteiger partial charge in [-0.2, -0.15) is 8.42 Å². The highest BCUT2D eigenvalue weighted by Crippen LogP contribution is 2.14. The van der Waals surface area contributed by atoms with Crippen LogP contribution >= 0.6 is 0 Å². The maximum absolute atomic E-state index is 12.8. The van der Waals surface area contributed by atoms with E-state index in [0.717, 1.165) is 0 Å². The molecule has 0 N–H and O–H groups in total. The van der Waals surface area contributed by atoms with Crippen LogP contribution in [0, 0.1) is 0 Å². The van der Waals surface area contributed by atoms with Gasteiger partial charge in [-0.1, -0.05) is 84.0 Å². The van der Waals surface area contributed by atoms with Crippen LogP contribution in [0.1, 0.15) is 15.9 Å². The van der Waals surface area contributed by atoms with Crippen LogP contribution in [0.15, 0.2) is 101 Å². The minimum absolute atomic E-state index is 0.0386. The van der Waals surface area contributed by atoms with Crippen molar-refractivity contribution in [2.75, 3.05) is 0 Å². The average Bonchev–Trinajstić information content (AvgIpc) is 2.70. The largest absolute Gasteiger partial charge is 0.358 e. The second-order valence-electron chi connectivity index (χ2n) is 5.34. The lowest BCUT2D eigenvalue weighted by Gasteiger charge is -2.07. The fourth-order valence-electron chi connectivity index (χ4n) is 2.26. The van der Waals surface area contributed by atoms with Crippen molar-refractivity contribution in [1.82, 2.24) is 0 Å². The second kappa shape index (κ2) is 7.76. The summed E-state index contributed by atoms with van der Waals surface area (Å²) in [5.74, 6) is -0.430. The standard InChI is InChI=1S/C20H15NO4S/c22-20(17-12-6-2-7-13-17)19(16-10-4-1-5-11-16)21-25-26(23,24)18-14-8-3-9-15-18/h1-15H. The van der Waals surface area contributed by atoms with Crippen LogP contribution in [0.4, 0.5) is 0 Å². The fraction of sp³-hybridized carbons (Fsp3) is 0.